The van der Waals surface area contributed by atoms with Gasteiger partial charge in [-0.15, -0.1) is 0 Å². The van der Waals surface area contributed by atoms with Gasteiger partial charge in [0.1, 0.15) is 0 Å². The summed E-state index contributed by atoms with van der Waals surface area (Å²) in [7, 11) is 0. The van der Waals surface area contributed by atoms with E-state index in [0.717, 1.165) is 32.1 Å². The maximum atomic E-state index is 11.9. The van der Waals surface area contributed by atoms with Gasteiger partial charge >= 0.3 is 5.97 Å². The molecule has 3 atom stereocenters. The molecule has 0 aliphatic heterocycles. The van der Waals surface area contributed by atoms with Crippen molar-refractivity contribution in [3.8, 4) is 0 Å². The average Bonchev–Trinajstić information content (AvgIpc) is 2.99. The Morgan fingerprint density at radius 1 is 1.04 bits per heavy atom. The van der Waals surface area contributed by atoms with Crippen molar-refractivity contribution in [2.75, 3.05) is 0 Å². The van der Waals surface area contributed by atoms with Crippen LogP contribution in [0.5, 0.6) is 0 Å². The van der Waals surface area contributed by atoms with Gasteiger partial charge in [0.2, 0.25) is 5.91 Å². The predicted molar refractivity (Wildman–Crippen MR) is 107 cm³/mol. The molecule has 1 aromatic carbocycles. The highest BCUT2D eigenvalue weighted by molar-refractivity contribution is 5.82. The van der Waals surface area contributed by atoms with Crippen LogP contribution in [0.25, 0.3) is 5.57 Å². The first-order valence-corrected chi connectivity index (χ1v) is 10.4. The molecule has 0 aromatic heterocycles. The van der Waals surface area contributed by atoms with Gasteiger partial charge in [-0.3, -0.25) is 9.59 Å². The minimum atomic E-state index is -0.897. The number of carboxylic acid groups (broad SMARTS) is 1. The maximum absolute atomic E-state index is 11.9. The zero-order valence-corrected chi connectivity index (χ0v) is 16.0. The third-order valence-electron chi connectivity index (χ3n) is 6.24. The number of primary amides is 1. The molecule has 1 amide bonds. The second kappa shape index (κ2) is 9.20. The topological polar surface area (TPSA) is 80.4 Å². The Labute approximate surface area is 161 Å². The normalized spacial score (nSPS) is 24.5. The van der Waals surface area contributed by atoms with E-state index in [2.05, 4.69) is 30.3 Å². The molecular weight excluding hydrogens is 338 g/mol. The number of carbonyl (C=O) groups excluding carboxylic acids is 1. The quantitative estimate of drug-likeness (QED) is 0.793. The van der Waals surface area contributed by atoms with Crippen molar-refractivity contribution in [1.82, 2.24) is 0 Å². The van der Waals surface area contributed by atoms with Gasteiger partial charge in [-0.25, -0.2) is 0 Å². The molecule has 0 spiro atoms. The SMILES string of the molecule is NC(=O)CC(C(=O)O)C1CCCCCCCCC2C=C(C1)c1ccccc12. The molecule has 27 heavy (non-hydrogen) atoms. The fraction of sp³-hybridized carbons (Fsp3) is 0.565. The molecule has 2 aliphatic carbocycles. The summed E-state index contributed by atoms with van der Waals surface area (Å²) in [6.45, 7) is 0. The number of aliphatic carboxylic acids is 1. The number of amides is 1. The molecule has 3 unspecified atom stereocenters. The van der Waals surface area contributed by atoms with E-state index in [1.54, 1.807) is 0 Å². The van der Waals surface area contributed by atoms with E-state index in [1.165, 1.54) is 42.4 Å². The van der Waals surface area contributed by atoms with E-state index in [9.17, 15) is 14.7 Å². The molecular formula is C23H31NO3. The first-order chi connectivity index (χ1) is 13.1. The summed E-state index contributed by atoms with van der Waals surface area (Å²) in [6, 6.07) is 8.53. The number of rotatable bonds is 4. The zero-order chi connectivity index (χ0) is 19.2. The van der Waals surface area contributed by atoms with E-state index in [-0.39, 0.29) is 12.3 Å². The molecule has 2 aliphatic rings. The first-order valence-electron chi connectivity index (χ1n) is 10.4. The van der Waals surface area contributed by atoms with Crippen LogP contribution in [0.4, 0.5) is 0 Å². The molecule has 0 heterocycles. The highest BCUT2D eigenvalue weighted by Crippen LogP contribution is 2.43. The summed E-state index contributed by atoms with van der Waals surface area (Å²) in [5.74, 6) is -1.72. The van der Waals surface area contributed by atoms with Gasteiger partial charge in [-0.05, 0) is 41.9 Å². The smallest absolute Gasteiger partial charge is 0.307 e. The summed E-state index contributed by atoms with van der Waals surface area (Å²) in [4.78, 5) is 23.4. The number of hydrogen-bond acceptors (Lipinski definition) is 2. The van der Waals surface area contributed by atoms with Gasteiger partial charge in [0.25, 0.3) is 0 Å². The largest absolute Gasteiger partial charge is 0.481 e. The Kier molecular flexibility index (Phi) is 6.70. The monoisotopic (exact) mass is 369 g/mol. The van der Waals surface area contributed by atoms with Crippen LogP contribution < -0.4 is 5.73 Å². The number of carbonyl (C=O) groups is 2. The number of hydrogen-bond donors (Lipinski definition) is 2. The number of allylic oxidation sites excluding steroid dienone is 2. The Morgan fingerprint density at radius 2 is 1.70 bits per heavy atom. The fourth-order valence-corrected chi connectivity index (χ4v) is 4.83. The van der Waals surface area contributed by atoms with Crippen molar-refractivity contribution >= 4 is 17.4 Å². The van der Waals surface area contributed by atoms with Crippen LogP contribution >= 0.6 is 0 Å². The lowest BCUT2D eigenvalue weighted by Gasteiger charge is -2.24. The molecule has 0 fully saturated rings. The fourth-order valence-electron chi connectivity index (χ4n) is 4.83. The second-order valence-corrected chi connectivity index (χ2v) is 8.16. The van der Waals surface area contributed by atoms with Crippen LogP contribution in [-0.4, -0.2) is 17.0 Å². The molecule has 1 aromatic rings. The molecule has 0 saturated heterocycles. The van der Waals surface area contributed by atoms with E-state index in [0.29, 0.717) is 5.92 Å². The van der Waals surface area contributed by atoms with Crippen LogP contribution in [0.1, 0.15) is 81.3 Å². The molecule has 3 rings (SSSR count). The molecule has 146 valence electrons. The number of nitrogens with two attached hydrogens (primary N) is 1. The molecule has 4 nitrogen and oxygen atoms in total. The van der Waals surface area contributed by atoms with E-state index in [1.807, 2.05) is 0 Å². The van der Waals surface area contributed by atoms with Crippen LogP contribution in [-0.2, 0) is 9.59 Å². The highest BCUT2D eigenvalue weighted by atomic mass is 16.4. The summed E-state index contributed by atoms with van der Waals surface area (Å²) in [5, 5.41) is 9.75. The summed E-state index contributed by atoms with van der Waals surface area (Å²) in [6.07, 6.45) is 12.1. The summed E-state index contributed by atoms with van der Waals surface area (Å²) < 4.78 is 0. The lowest BCUT2D eigenvalue weighted by atomic mass is 9.80. The summed E-state index contributed by atoms with van der Waals surface area (Å²) >= 11 is 0. The Balaban J connectivity index is 1.89. The second-order valence-electron chi connectivity index (χ2n) is 8.16. The number of carboxylic acids is 1. The molecule has 0 saturated carbocycles. The van der Waals surface area contributed by atoms with E-state index >= 15 is 0 Å². The van der Waals surface area contributed by atoms with Gasteiger partial charge in [0.15, 0.2) is 0 Å². The maximum Gasteiger partial charge on any atom is 0.307 e. The Hall–Kier alpha value is -2.10. The van der Waals surface area contributed by atoms with Crippen LogP contribution in [0.2, 0.25) is 0 Å². The van der Waals surface area contributed by atoms with Crippen molar-refractivity contribution in [2.45, 2.75) is 70.1 Å². The van der Waals surface area contributed by atoms with Gasteiger partial charge in [-0.2, -0.15) is 0 Å². The molecule has 0 radical (unpaired) electrons. The number of benzene rings is 1. The van der Waals surface area contributed by atoms with Crippen LogP contribution in [0.15, 0.2) is 30.3 Å². The van der Waals surface area contributed by atoms with Gasteiger partial charge in [0.05, 0.1) is 5.92 Å². The van der Waals surface area contributed by atoms with E-state index < -0.39 is 17.8 Å². The van der Waals surface area contributed by atoms with E-state index in [4.69, 9.17) is 5.73 Å². The number of fused-ring (bicyclic) bond motifs is 4. The Morgan fingerprint density at radius 3 is 2.41 bits per heavy atom. The van der Waals surface area contributed by atoms with Gasteiger partial charge in [-0.1, -0.05) is 68.9 Å². The van der Waals surface area contributed by atoms with Crippen molar-refractivity contribution < 1.29 is 14.7 Å². The predicted octanol–water partition coefficient (Wildman–Crippen LogP) is 4.88. The lowest BCUT2D eigenvalue weighted by Crippen LogP contribution is -2.29. The Bertz CT molecular complexity index is 709. The molecule has 4 heteroatoms. The zero-order valence-electron chi connectivity index (χ0n) is 16.0. The van der Waals surface area contributed by atoms with Crippen LogP contribution in [0.3, 0.4) is 0 Å². The molecule has 2 bridgehead atoms. The van der Waals surface area contributed by atoms with Crippen molar-refractivity contribution in [3.05, 3.63) is 41.5 Å². The highest BCUT2D eigenvalue weighted by Gasteiger charge is 2.32. The third kappa shape index (κ3) is 5.00. The molecule has 3 N–H and O–H groups in total. The van der Waals surface area contributed by atoms with Crippen molar-refractivity contribution in [1.29, 1.82) is 0 Å². The summed E-state index contributed by atoms with van der Waals surface area (Å²) in [5.41, 5.74) is 9.28. The average molecular weight is 370 g/mol. The van der Waals surface area contributed by atoms with Gasteiger partial charge in [0, 0.05) is 12.3 Å². The minimum absolute atomic E-state index is 0.0474. The van der Waals surface area contributed by atoms with Crippen LogP contribution in [0, 0.1) is 11.8 Å². The van der Waals surface area contributed by atoms with Gasteiger partial charge < -0.3 is 10.8 Å². The lowest BCUT2D eigenvalue weighted by molar-refractivity contribution is -0.145. The third-order valence-corrected chi connectivity index (χ3v) is 6.24. The minimum Gasteiger partial charge on any atom is -0.481 e. The van der Waals surface area contributed by atoms with Crippen molar-refractivity contribution in [2.24, 2.45) is 17.6 Å². The standard InChI is InChI=1S/C23H31NO3/c24-22(25)15-21(23(26)27)17-10-6-4-2-1-3-5-9-16-13-18(14-17)20-12-8-7-11-19(16)20/h7-8,11-13,16-17,21H,1-6,9-10,14-15H2,(H2,24,25)(H,26,27). The van der Waals surface area contributed by atoms with Crippen molar-refractivity contribution in [3.63, 3.8) is 0 Å². The first kappa shape index (κ1) is 19.7.